The van der Waals surface area contributed by atoms with Gasteiger partial charge in [-0.15, -0.1) is 0 Å². The van der Waals surface area contributed by atoms with Gasteiger partial charge in [0.05, 0.1) is 26.1 Å². The number of benzene rings is 1. The third kappa shape index (κ3) is 4.63. The summed E-state index contributed by atoms with van der Waals surface area (Å²) in [4.78, 5) is 24.1. The molecule has 1 aliphatic rings. The van der Waals surface area contributed by atoms with E-state index in [1.165, 1.54) is 0 Å². The van der Waals surface area contributed by atoms with E-state index >= 15 is 0 Å². The molecule has 1 aliphatic carbocycles. The molecule has 0 aliphatic heterocycles. The van der Waals surface area contributed by atoms with E-state index in [2.05, 4.69) is 10.6 Å². The predicted octanol–water partition coefficient (Wildman–Crippen LogP) is 1.73. The first-order valence-corrected chi connectivity index (χ1v) is 8.22. The van der Waals surface area contributed by atoms with Crippen LogP contribution in [-0.4, -0.2) is 32.6 Å². The molecule has 0 radical (unpaired) electrons. The Labute approximate surface area is 142 Å². The lowest BCUT2D eigenvalue weighted by molar-refractivity contribution is -0.127. The van der Waals surface area contributed by atoms with Crippen LogP contribution in [0.2, 0.25) is 0 Å². The Kier molecular flexibility index (Phi) is 6.06. The van der Waals surface area contributed by atoms with Crippen LogP contribution < -0.4 is 20.1 Å². The minimum atomic E-state index is -0.211. The van der Waals surface area contributed by atoms with Crippen molar-refractivity contribution in [2.45, 2.75) is 26.8 Å². The van der Waals surface area contributed by atoms with Gasteiger partial charge >= 0.3 is 0 Å². The van der Waals surface area contributed by atoms with Crippen molar-refractivity contribution in [2.75, 3.05) is 20.8 Å². The maximum absolute atomic E-state index is 12.2. The van der Waals surface area contributed by atoms with Crippen LogP contribution in [0.5, 0.6) is 11.5 Å². The van der Waals surface area contributed by atoms with Gasteiger partial charge in [0.2, 0.25) is 11.8 Å². The molecule has 0 saturated heterocycles. The summed E-state index contributed by atoms with van der Waals surface area (Å²) in [6, 6.07) is 5.51. The summed E-state index contributed by atoms with van der Waals surface area (Å²) in [5.74, 6) is 1.19. The first-order chi connectivity index (χ1) is 11.5. The van der Waals surface area contributed by atoms with Crippen molar-refractivity contribution in [2.24, 2.45) is 17.8 Å². The molecule has 132 valence electrons. The Balaban J connectivity index is 1.81. The van der Waals surface area contributed by atoms with Gasteiger partial charge in [0.25, 0.3) is 0 Å². The maximum Gasteiger partial charge on any atom is 0.224 e. The van der Waals surface area contributed by atoms with Gasteiger partial charge in [-0.1, -0.05) is 19.9 Å². The molecule has 2 atom stereocenters. The van der Waals surface area contributed by atoms with Crippen molar-refractivity contribution in [1.29, 1.82) is 0 Å². The van der Waals surface area contributed by atoms with Crippen molar-refractivity contribution in [1.82, 2.24) is 10.6 Å². The summed E-state index contributed by atoms with van der Waals surface area (Å²) in [5.41, 5.74) is 0.919. The summed E-state index contributed by atoms with van der Waals surface area (Å²) in [6.07, 6.45) is 0.627. The van der Waals surface area contributed by atoms with E-state index in [0.717, 1.165) is 5.56 Å². The van der Waals surface area contributed by atoms with E-state index in [-0.39, 0.29) is 23.7 Å². The summed E-state index contributed by atoms with van der Waals surface area (Å²) >= 11 is 0. The van der Waals surface area contributed by atoms with Crippen LogP contribution in [0.15, 0.2) is 18.2 Å². The molecule has 1 aromatic carbocycles. The van der Waals surface area contributed by atoms with Crippen LogP contribution in [0, 0.1) is 17.8 Å². The Morgan fingerprint density at radius 3 is 2.29 bits per heavy atom. The highest BCUT2D eigenvalue weighted by atomic mass is 16.5. The highest BCUT2D eigenvalue weighted by Gasteiger charge is 2.47. The number of carbonyl (C=O) groups is 2. The number of amides is 2. The number of hydrogen-bond acceptors (Lipinski definition) is 4. The van der Waals surface area contributed by atoms with E-state index in [1.54, 1.807) is 20.3 Å². The Morgan fingerprint density at radius 2 is 1.71 bits per heavy atom. The summed E-state index contributed by atoms with van der Waals surface area (Å²) in [6.45, 7) is 5.13. The van der Waals surface area contributed by atoms with Gasteiger partial charge in [-0.05, 0) is 30.0 Å². The van der Waals surface area contributed by atoms with Gasteiger partial charge in [-0.3, -0.25) is 9.59 Å². The highest BCUT2D eigenvalue weighted by Crippen LogP contribution is 2.38. The fourth-order valence-corrected chi connectivity index (χ4v) is 2.52. The maximum atomic E-state index is 12.2. The average Bonchev–Trinajstić information content (AvgIpc) is 3.38. The lowest BCUT2D eigenvalue weighted by atomic mass is 10.2. The van der Waals surface area contributed by atoms with Crippen LogP contribution in [0.1, 0.15) is 25.8 Å². The molecule has 1 fully saturated rings. The molecular weight excluding hydrogens is 308 g/mol. The molecule has 0 heterocycles. The second-order valence-electron chi connectivity index (χ2n) is 6.49. The van der Waals surface area contributed by atoms with E-state index in [4.69, 9.17) is 9.47 Å². The van der Waals surface area contributed by atoms with Gasteiger partial charge < -0.3 is 20.1 Å². The minimum Gasteiger partial charge on any atom is -0.493 e. The molecule has 2 rings (SSSR count). The van der Waals surface area contributed by atoms with E-state index < -0.39 is 0 Å². The molecule has 2 N–H and O–H groups in total. The van der Waals surface area contributed by atoms with Crippen LogP contribution >= 0.6 is 0 Å². The molecule has 2 amide bonds. The molecule has 6 heteroatoms. The Hall–Kier alpha value is -2.24. The highest BCUT2D eigenvalue weighted by molar-refractivity contribution is 5.92. The van der Waals surface area contributed by atoms with Gasteiger partial charge in [-0.2, -0.15) is 0 Å². The van der Waals surface area contributed by atoms with Crippen LogP contribution in [0.3, 0.4) is 0 Å². The number of carbonyl (C=O) groups excluding carboxylic acids is 2. The zero-order valence-electron chi connectivity index (χ0n) is 14.7. The summed E-state index contributed by atoms with van der Waals surface area (Å²) < 4.78 is 10.4. The third-order valence-corrected chi connectivity index (χ3v) is 4.06. The third-order valence-electron chi connectivity index (χ3n) is 4.06. The molecule has 1 saturated carbocycles. The van der Waals surface area contributed by atoms with Gasteiger partial charge in [0.1, 0.15) is 0 Å². The molecule has 24 heavy (non-hydrogen) atoms. The number of ether oxygens (including phenoxy) is 2. The normalized spacial score (nSPS) is 18.9. The van der Waals surface area contributed by atoms with Gasteiger partial charge in [-0.25, -0.2) is 0 Å². The molecule has 1 aromatic rings. The lowest BCUT2D eigenvalue weighted by Gasteiger charge is -2.10. The molecule has 2 unspecified atom stereocenters. The number of methoxy groups -OCH3 is 2. The number of hydrogen-bond donors (Lipinski definition) is 2. The van der Waals surface area contributed by atoms with Crippen molar-refractivity contribution < 1.29 is 19.1 Å². The Bertz CT molecular complexity index is 601. The van der Waals surface area contributed by atoms with Gasteiger partial charge in [0, 0.05) is 13.1 Å². The lowest BCUT2D eigenvalue weighted by Crippen LogP contribution is -2.31. The molecule has 0 aromatic heterocycles. The van der Waals surface area contributed by atoms with E-state index in [1.807, 2.05) is 26.0 Å². The van der Waals surface area contributed by atoms with Crippen molar-refractivity contribution in [3.05, 3.63) is 23.8 Å². The van der Waals surface area contributed by atoms with Crippen LogP contribution in [0.4, 0.5) is 0 Å². The first-order valence-electron chi connectivity index (χ1n) is 8.22. The van der Waals surface area contributed by atoms with Crippen molar-refractivity contribution >= 4 is 11.8 Å². The summed E-state index contributed by atoms with van der Waals surface area (Å²) in [5, 5.41) is 5.77. The smallest absolute Gasteiger partial charge is 0.224 e. The van der Waals surface area contributed by atoms with Crippen LogP contribution in [-0.2, 0) is 16.1 Å². The monoisotopic (exact) mass is 334 g/mol. The molecular formula is C18H26N2O4. The minimum absolute atomic E-state index is 0.0185. The standard InChI is InChI=1S/C18H26N2O4/c1-11(2)9-19-17(21)13-8-14(13)18(22)20-10-12-5-6-15(23-3)16(7-12)24-4/h5-7,11,13-14H,8-10H2,1-4H3,(H,19,21)(H,20,22). The largest absolute Gasteiger partial charge is 0.493 e. The predicted molar refractivity (Wildman–Crippen MR) is 90.8 cm³/mol. The molecule has 6 nitrogen and oxygen atoms in total. The van der Waals surface area contributed by atoms with E-state index in [0.29, 0.717) is 36.9 Å². The SMILES string of the molecule is COc1ccc(CNC(=O)C2CC2C(=O)NCC(C)C)cc1OC. The zero-order chi connectivity index (χ0) is 17.7. The zero-order valence-corrected chi connectivity index (χ0v) is 14.7. The average molecular weight is 334 g/mol. The second-order valence-corrected chi connectivity index (χ2v) is 6.49. The van der Waals surface area contributed by atoms with Gasteiger partial charge in [0.15, 0.2) is 11.5 Å². The van der Waals surface area contributed by atoms with E-state index in [9.17, 15) is 9.59 Å². The number of rotatable bonds is 8. The molecule has 0 bridgehead atoms. The summed E-state index contributed by atoms with van der Waals surface area (Å²) in [7, 11) is 3.15. The fourth-order valence-electron chi connectivity index (χ4n) is 2.52. The quantitative estimate of drug-likeness (QED) is 0.759. The van der Waals surface area contributed by atoms with Crippen molar-refractivity contribution in [3.63, 3.8) is 0 Å². The molecule has 0 spiro atoms. The topological polar surface area (TPSA) is 76.7 Å². The first kappa shape index (κ1) is 18.1. The number of nitrogens with one attached hydrogen (secondary N) is 2. The fraction of sp³-hybridized carbons (Fsp3) is 0.556. The second kappa shape index (κ2) is 8.04. The van der Waals surface area contributed by atoms with Crippen molar-refractivity contribution in [3.8, 4) is 11.5 Å². The Morgan fingerprint density at radius 1 is 1.08 bits per heavy atom. The van der Waals surface area contributed by atoms with Crippen LogP contribution in [0.25, 0.3) is 0 Å².